The molecule has 1 atom stereocenters. The molecule has 0 radical (unpaired) electrons. The van der Waals surface area contributed by atoms with Crippen molar-refractivity contribution in [3.63, 3.8) is 0 Å². The fourth-order valence-electron chi connectivity index (χ4n) is 3.70. The number of likely N-dealkylation sites (tertiary alicyclic amines) is 1. The highest BCUT2D eigenvalue weighted by molar-refractivity contribution is 5.79. The Morgan fingerprint density at radius 3 is 1.92 bits per heavy atom. The third-order valence-electron chi connectivity index (χ3n) is 5.24. The molecule has 0 saturated carbocycles. The quantitative estimate of drug-likeness (QED) is 0.690. The summed E-state index contributed by atoms with van der Waals surface area (Å²) in [5.41, 5.74) is 0. The molecule has 3 saturated heterocycles. The fraction of sp³-hybridized carbons (Fsp3) is 0.882. The first-order valence-electron chi connectivity index (χ1n) is 9.23. The van der Waals surface area contributed by atoms with E-state index in [2.05, 4.69) is 9.80 Å². The second-order valence-corrected chi connectivity index (χ2v) is 7.16. The fourth-order valence-corrected chi connectivity index (χ4v) is 3.70. The van der Waals surface area contributed by atoms with E-state index in [1.807, 2.05) is 16.7 Å². The highest BCUT2D eigenvalue weighted by atomic mass is 16.5. The summed E-state index contributed by atoms with van der Waals surface area (Å²) in [6, 6.07) is 0. The van der Waals surface area contributed by atoms with Crippen molar-refractivity contribution in [3.05, 3.63) is 0 Å². The van der Waals surface area contributed by atoms with Crippen LogP contribution in [-0.4, -0.2) is 110 Å². The first kappa shape index (κ1) is 17.6. The van der Waals surface area contributed by atoms with Crippen molar-refractivity contribution < 1.29 is 14.3 Å². The van der Waals surface area contributed by atoms with E-state index in [4.69, 9.17) is 4.74 Å². The molecule has 3 aliphatic rings. The van der Waals surface area contributed by atoms with Crippen LogP contribution >= 0.6 is 0 Å². The van der Waals surface area contributed by atoms with Crippen LogP contribution in [0.3, 0.4) is 0 Å². The van der Waals surface area contributed by atoms with Crippen LogP contribution in [0.5, 0.6) is 0 Å². The average molecular weight is 338 g/mol. The summed E-state index contributed by atoms with van der Waals surface area (Å²) < 4.78 is 5.49. The van der Waals surface area contributed by atoms with Crippen LogP contribution in [0.1, 0.15) is 19.8 Å². The standard InChI is InChI=1S/C17H30N4O3/c1-15-12-21(10-11-24-15)17(23)14-19-8-6-18(7-9-19)13-16(22)20-4-2-3-5-20/h15H,2-14H2,1H3. The van der Waals surface area contributed by atoms with E-state index in [1.165, 1.54) is 0 Å². The van der Waals surface area contributed by atoms with Gasteiger partial charge in [0.05, 0.1) is 25.8 Å². The summed E-state index contributed by atoms with van der Waals surface area (Å²) in [6.45, 7) is 10.4. The van der Waals surface area contributed by atoms with Crippen molar-refractivity contribution in [2.24, 2.45) is 0 Å². The van der Waals surface area contributed by atoms with Gasteiger partial charge < -0.3 is 14.5 Å². The minimum atomic E-state index is 0.135. The van der Waals surface area contributed by atoms with E-state index in [0.29, 0.717) is 32.8 Å². The van der Waals surface area contributed by atoms with E-state index >= 15 is 0 Å². The van der Waals surface area contributed by atoms with Gasteiger partial charge in [0.2, 0.25) is 11.8 Å². The van der Waals surface area contributed by atoms with Crippen molar-refractivity contribution in [1.82, 2.24) is 19.6 Å². The number of carbonyl (C=O) groups excluding carboxylic acids is 2. The molecular formula is C17H30N4O3. The number of nitrogens with zero attached hydrogens (tertiary/aromatic N) is 4. The van der Waals surface area contributed by atoms with E-state index < -0.39 is 0 Å². The maximum Gasteiger partial charge on any atom is 0.236 e. The predicted molar refractivity (Wildman–Crippen MR) is 90.7 cm³/mol. The Kier molecular flexibility index (Phi) is 6.08. The monoisotopic (exact) mass is 338 g/mol. The number of piperazine rings is 1. The maximum atomic E-state index is 12.4. The van der Waals surface area contributed by atoms with Gasteiger partial charge in [-0.2, -0.15) is 0 Å². The van der Waals surface area contributed by atoms with E-state index in [1.54, 1.807) is 0 Å². The summed E-state index contributed by atoms with van der Waals surface area (Å²) in [5, 5.41) is 0. The van der Waals surface area contributed by atoms with Gasteiger partial charge >= 0.3 is 0 Å². The van der Waals surface area contributed by atoms with Crippen LogP contribution in [0.4, 0.5) is 0 Å². The van der Waals surface area contributed by atoms with Gasteiger partial charge in [0.25, 0.3) is 0 Å². The number of morpholine rings is 1. The molecule has 3 aliphatic heterocycles. The molecule has 0 aromatic rings. The summed E-state index contributed by atoms with van der Waals surface area (Å²) in [7, 11) is 0. The molecule has 2 amide bonds. The van der Waals surface area contributed by atoms with Crippen molar-refractivity contribution >= 4 is 11.8 Å². The van der Waals surface area contributed by atoms with Gasteiger partial charge in [0.15, 0.2) is 0 Å². The Bertz CT molecular complexity index is 445. The maximum absolute atomic E-state index is 12.4. The average Bonchev–Trinajstić information content (AvgIpc) is 3.11. The third-order valence-corrected chi connectivity index (χ3v) is 5.24. The molecule has 3 fully saturated rings. The van der Waals surface area contributed by atoms with E-state index in [9.17, 15) is 9.59 Å². The zero-order valence-corrected chi connectivity index (χ0v) is 14.8. The summed E-state index contributed by atoms with van der Waals surface area (Å²) in [4.78, 5) is 32.9. The van der Waals surface area contributed by atoms with Crippen LogP contribution in [0, 0.1) is 0 Å². The number of carbonyl (C=O) groups is 2. The Hall–Kier alpha value is -1.18. The Morgan fingerprint density at radius 1 is 0.833 bits per heavy atom. The highest BCUT2D eigenvalue weighted by Gasteiger charge is 2.26. The first-order chi connectivity index (χ1) is 11.6. The lowest BCUT2D eigenvalue weighted by Crippen LogP contribution is -2.53. The van der Waals surface area contributed by atoms with Crippen molar-refractivity contribution in [1.29, 1.82) is 0 Å². The van der Waals surface area contributed by atoms with Crippen LogP contribution < -0.4 is 0 Å². The molecule has 0 bridgehead atoms. The van der Waals surface area contributed by atoms with Gasteiger partial charge in [-0.1, -0.05) is 0 Å². The Labute approximate surface area is 144 Å². The van der Waals surface area contributed by atoms with Crippen LogP contribution in [0.2, 0.25) is 0 Å². The summed E-state index contributed by atoms with van der Waals surface area (Å²) >= 11 is 0. The third kappa shape index (κ3) is 4.68. The van der Waals surface area contributed by atoms with E-state index in [0.717, 1.165) is 52.1 Å². The smallest absolute Gasteiger partial charge is 0.236 e. The van der Waals surface area contributed by atoms with Crippen LogP contribution in [0.25, 0.3) is 0 Å². The van der Waals surface area contributed by atoms with E-state index in [-0.39, 0.29) is 17.9 Å². The van der Waals surface area contributed by atoms with Gasteiger partial charge in [-0.25, -0.2) is 0 Å². The molecule has 7 heteroatoms. The summed E-state index contributed by atoms with van der Waals surface area (Å²) in [6.07, 6.45) is 2.42. The minimum Gasteiger partial charge on any atom is -0.375 e. The van der Waals surface area contributed by atoms with Crippen molar-refractivity contribution in [3.8, 4) is 0 Å². The van der Waals surface area contributed by atoms with Gasteiger partial charge in [-0.15, -0.1) is 0 Å². The lowest BCUT2D eigenvalue weighted by atomic mass is 10.2. The molecule has 0 aliphatic carbocycles. The molecule has 136 valence electrons. The second-order valence-electron chi connectivity index (χ2n) is 7.16. The Balaban J connectivity index is 1.37. The Morgan fingerprint density at radius 2 is 1.38 bits per heavy atom. The molecule has 1 unspecified atom stereocenters. The topological polar surface area (TPSA) is 56.3 Å². The summed E-state index contributed by atoms with van der Waals surface area (Å²) in [5.74, 6) is 0.464. The largest absolute Gasteiger partial charge is 0.375 e. The zero-order valence-electron chi connectivity index (χ0n) is 14.8. The normalized spacial score (nSPS) is 26.8. The molecular weight excluding hydrogens is 308 g/mol. The lowest BCUT2D eigenvalue weighted by Gasteiger charge is -2.37. The highest BCUT2D eigenvalue weighted by Crippen LogP contribution is 2.10. The number of hydrogen-bond donors (Lipinski definition) is 0. The zero-order chi connectivity index (χ0) is 16.9. The SMILES string of the molecule is CC1CN(C(=O)CN2CCN(CC(=O)N3CCCC3)CC2)CCO1. The van der Waals surface area contributed by atoms with Gasteiger partial charge in [-0.3, -0.25) is 19.4 Å². The molecule has 3 rings (SSSR count). The van der Waals surface area contributed by atoms with Crippen molar-refractivity contribution in [2.75, 3.05) is 72.1 Å². The number of rotatable bonds is 4. The number of ether oxygens (including phenoxy) is 1. The molecule has 7 nitrogen and oxygen atoms in total. The van der Waals surface area contributed by atoms with Crippen molar-refractivity contribution in [2.45, 2.75) is 25.9 Å². The number of amides is 2. The first-order valence-corrected chi connectivity index (χ1v) is 9.23. The minimum absolute atomic E-state index is 0.135. The second kappa shape index (κ2) is 8.27. The van der Waals surface area contributed by atoms with Gasteiger partial charge in [0.1, 0.15) is 0 Å². The molecule has 3 heterocycles. The molecule has 0 N–H and O–H groups in total. The number of hydrogen-bond acceptors (Lipinski definition) is 5. The lowest BCUT2D eigenvalue weighted by molar-refractivity contribution is -0.140. The van der Waals surface area contributed by atoms with Gasteiger partial charge in [-0.05, 0) is 19.8 Å². The predicted octanol–water partition coefficient (Wildman–Crippen LogP) is -0.526. The van der Waals surface area contributed by atoms with Crippen LogP contribution in [0.15, 0.2) is 0 Å². The molecule has 0 aromatic carbocycles. The molecule has 0 spiro atoms. The molecule has 0 aromatic heterocycles. The van der Waals surface area contributed by atoms with Crippen LogP contribution in [-0.2, 0) is 14.3 Å². The van der Waals surface area contributed by atoms with Gasteiger partial charge in [0, 0.05) is 52.4 Å². The molecule has 24 heavy (non-hydrogen) atoms.